The average Bonchev–Trinajstić information content (AvgIpc) is 2.83. The lowest BCUT2D eigenvalue weighted by molar-refractivity contribution is -0.126. The summed E-state index contributed by atoms with van der Waals surface area (Å²) in [6.07, 6.45) is 1.01. The Labute approximate surface area is 221 Å². The van der Waals surface area contributed by atoms with Gasteiger partial charge >= 0.3 is 0 Å². The van der Waals surface area contributed by atoms with Gasteiger partial charge < -0.3 is 14.8 Å². The molecule has 3 aromatic carbocycles. The molecule has 0 aliphatic rings. The van der Waals surface area contributed by atoms with Gasteiger partial charge in [-0.05, 0) is 60.5 Å². The molecule has 2 N–H and O–H groups in total. The number of ether oxygens (including phenoxy) is 2. The maximum absolute atomic E-state index is 12.1. The summed E-state index contributed by atoms with van der Waals surface area (Å²) in [6.45, 7) is 2.72. The molecule has 7 nitrogen and oxygen atoms in total. The van der Waals surface area contributed by atoms with Crippen molar-refractivity contribution in [2.75, 3.05) is 11.9 Å². The van der Waals surface area contributed by atoms with Crippen molar-refractivity contribution in [3.05, 3.63) is 86.3 Å². The number of hydrogen-bond acceptors (Lipinski definition) is 5. The summed E-state index contributed by atoms with van der Waals surface area (Å²) in [5.41, 5.74) is 4.35. The van der Waals surface area contributed by atoms with Gasteiger partial charge in [0.2, 0.25) is 11.8 Å². The third kappa shape index (κ3) is 8.28. The highest BCUT2D eigenvalue weighted by Gasteiger charge is 2.12. The number of hydrogen-bond donors (Lipinski definition) is 2. The first kappa shape index (κ1) is 26.5. The van der Waals surface area contributed by atoms with Gasteiger partial charge in [0.15, 0.2) is 11.5 Å². The Hall–Kier alpha value is -3.07. The zero-order valence-electron chi connectivity index (χ0n) is 18.7. The van der Waals surface area contributed by atoms with E-state index in [-0.39, 0.29) is 5.02 Å². The number of rotatable bonds is 10. The molecule has 3 rings (SSSR count). The number of hydrazone groups is 1. The summed E-state index contributed by atoms with van der Waals surface area (Å²) in [5.74, 6) is 0.00845. The summed E-state index contributed by atoms with van der Waals surface area (Å²) in [4.78, 5) is 24.2. The van der Waals surface area contributed by atoms with Crippen LogP contribution in [0.3, 0.4) is 0 Å². The van der Waals surface area contributed by atoms with E-state index in [9.17, 15) is 9.59 Å². The molecule has 0 aromatic heterocycles. The van der Waals surface area contributed by atoms with Crippen LogP contribution in [0.25, 0.3) is 0 Å². The quantitative estimate of drug-likeness (QED) is 0.170. The summed E-state index contributed by atoms with van der Waals surface area (Å²) < 4.78 is 12.6. The number of anilines is 1. The molecular formula is C25H22BrCl2N3O4. The first-order valence-electron chi connectivity index (χ1n) is 10.6. The molecule has 0 unspecified atom stereocenters. The van der Waals surface area contributed by atoms with Crippen LogP contribution in [0, 0.1) is 0 Å². The van der Waals surface area contributed by atoms with E-state index in [2.05, 4.69) is 31.8 Å². The highest BCUT2D eigenvalue weighted by Crippen LogP contribution is 2.30. The molecule has 0 spiro atoms. The molecule has 0 saturated carbocycles. The number of benzene rings is 3. The number of halogens is 3. The van der Waals surface area contributed by atoms with Gasteiger partial charge in [-0.2, -0.15) is 5.10 Å². The fraction of sp³-hybridized carbons (Fsp3) is 0.160. The van der Waals surface area contributed by atoms with Gasteiger partial charge in [0.1, 0.15) is 13.0 Å². The molecule has 0 fully saturated rings. The molecule has 182 valence electrons. The molecule has 0 atom stereocenters. The predicted molar refractivity (Wildman–Crippen MR) is 142 cm³/mol. The van der Waals surface area contributed by atoms with Crippen molar-refractivity contribution in [1.29, 1.82) is 0 Å². The van der Waals surface area contributed by atoms with Crippen LogP contribution in [0.1, 0.15) is 24.5 Å². The molecular weight excluding hydrogens is 557 g/mol. The predicted octanol–water partition coefficient (Wildman–Crippen LogP) is 6.21. The molecule has 0 aliphatic heterocycles. The molecule has 2 amide bonds. The third-order valence-electron chi connectivity index (χ3n) is 4.52. The van der Waals surface area contributed by atoms with Crippen molar-refractivity contribution in [3.63, 3.8) is 0 Å². The largest absolute Gasteiger partial charge is 0.490 e. The minimum Gasteiger partial charge on any atom is -0.490 e. The summed E-state index contributed by atoms with van der Waals surface area (Å²) in [6, 6.07) is 18.0. The Kier molecular flexibility index (Phi) is 9.96. The normalized spacial score (nSPS) is 10.7. The van der Waals surface area contributed by atoms with Gasteiger partial charge in [-0.3, -0.25) is 9.59 Å². The van der Waals surface area contributed by atoms with Crippen LogP contribution in [-0.2, 0) is 16.2 Å². The van der Waals surface area contributed by atoms with Gasteiger partial charge in [0.25, 0.3) is 0 Å². The maximum atomic E-state index is 12.1. The Balaban J connectivity index is 1.55. The second kappa shape index (κ2) is 13.1. The highest BCUT2D eigenvalue weighted by atomic mass is 79.9. The molecule has 0 bridgehead atoms. The molecule has 0 heterocycles. The van der Waals surface area contributed by atoms with Gasteiger partial charge in [-0.1, -0.05) is 57.3 Å². The monoisotopic (exact) mass is 577 g/mol. The first-order valence-corrected chi connectivity index (χ1v) is 12.1. The Morgan fingerprint density at radius 3 is 2.51 bits per heavy atom. The first-order chi connectivity index (χ1) is 16.9. The standard InChI is InChI=1S/C25H22BrCl2N3O4/c1-2-34-22-12-17(8-11-21(22)35-15-16-6-9-18(26)10-7-16)14-29-31-24(33)13-23(32)30-20-5-3-4-19(27)25(20)28/h3-12,14H,2,13,15H2,1H3,(H,30,32)(H,31,33). The van der Waals surface area contributed by atoms with E-state index in [1.807, 2.05) is 31.2 Å². The molecule has 0 saturated heterocycles. The highest BCUT2D eigenvalue weighted by molar-refractivity contribution is 9.10. The Morgan fingerprint density at radius 1 is 1.00 bits per heavy atom. The van der Waals surface area contributed by atoms with Crippen LogP contribution in [0.4, 0.5) is 5.69 Å². The van der Waals surface area contributed by atoms with Crippen molar-refractivity contribution in [2.24, 2.45) is 5.10 Å². The van der Waals surface area contributed by atoms with Crippen LogP contribution >= 0.6 is 39.1 Å². The van der Waals surface area contributed by atoms with Crippen molar-refractivity contribution in [2.45, 2.75) is 20.0 Å². The van der Waals surface area contributed by atoms with Gasteiger partial charge in [0.05, 0.1) is 28.6 Å². The molecule has 3 aromatic rings. The minimum atomic E-state index is -0.587. The summed E-state index contributed by atoms with van der Waals surface area (Å²) in [5, 5.41) is 6.96. The fourth-order valence-electron chi connectivity index (χ4n) is 2.89. The van der Waals surface area contributed by atoms with Crippen LogP contribution in [-0.4, -0.2) is 24.6 Å². The van der Waals surface area contributed by atoms with Gasteiger partial charge in [-0.15, -0.1) is 0 Å². The van der Waals surface area contributed by atoms with Crippen molar-refractivity contribution in [3.8, 4) is 11.5 Å². The van der Waals surface area contributed by atoms with E-state index in [0.717, 1.165) is 10.0 Å². The zero-order valence-corrected chi connectivity index (χ0v) is 21.8. The van der Waals surface area contributed by atoms with Crippen molar-refractivity contribution in [1.82, 2.24) is 5.43 Å². The van der Waals surface area contributed by atoms with Crippen LogP contribution in [0.5, 0.6) is 11.5 Å². The van der Waals surface area contributed by atoms with Crippen molar-refractivity contribution < 1.29 is 19.1 Å². The number of nitrogens with one attached hydrogen (secondary N) is 2. The van der Waals surface area contributed by atoms with E-state index in [4.69, 9.17) is 32.7 Å². The number of nitrogens with zero attached hydrogens (tertiary/aromatic N) is 1. The smallest absolute Gasteiger partial charge is 0.249 e. The van der Waals surface area contributed by atoms with Crippen LogP contribution in [0.2, 0.25) is 10.0 Å². The third-order valence-corrected chi connectivity index (χ3v) is 5.87. The van der Waals surface area contributed by atoms with E-state index in [0.29, 0.717) is 41.0 Å². The molecule has 35 heavy (non-hydrogen) atoms. The second-order valence-electron chi connectivity index (χ2n) is 7.17. The lowest BCUT2D eigenvalue weighted by Gasteiger charge is -2.12. The number of amides is 2. The SMILES string of the molecule is CCOc1cc(C=NNC(=O)CC(=O)Nc2cccc(Cl)c2Cl)ccc1OCc1ccc(Br)cc1. The lowest BCUT2D eigenvalue weighted by Crippen LogP contribution is -2.24. The number of carbonyl (C=O) groups excluding carboxylic acids is 2. The van der Waals surface area contributed by atoms with Crippen LogP contribution in [0.15, 0.2) is 70.2 Å². The second-order valence-corrected chi connectivity index (χ2v) is 8.87. The summed E-state index contributed by atoms with van der Waals surface area (Å²) in [7, 11) is 0. The van der Waals surface area contributed by atoms with Gasteiger partial charge in [0, 0.05) is 4.47 Å². The summed E-state index contributed by atoms with van der Waals surface area (Å²) >= 11 is 15.4. The fourth-order valence-corrected chi connectivity index (χ4v) is 3.51. The Bertz CT molecular complexity index is 1220. The molecule has 0 radical (unpaired) electrons. The Morgan fingerprint density at radius 2 is 1.77 bits per heavy atom. The maximum Gasteiger partial charge on any atom is 0.249 e. The average molecular weight is 579 g/mol. The van der Waals surface area contributed by atoms with Crippen molar-refractivity contribution >= 4 is 62.8 Å². The van der Waals surface area contributed by atoms with Crippen LogP contribution < -0.4 is 20.2 Å². The minimum absolute atomic E-state index is 0.204. The van der Waals surface area contributed by atoms with Gasteiger partial charge in [-0.25, -0.2) is 5.43 Å². The van der Waals surface area contributed by atoms with E-state index >= 15 is 0 Å². The molecule has 10 heteroatoms. The number of carbonyl (C=O) groups is 2. The zero-order chi connectivity index (χ0) is 25.2. The van der Waals surface area contributed by atoms with E-state index in [1.54, 1.807) is 36.4 Å². The molecule has 0 aliphatic carbocycles. The van der Waals surface area contributed by atoms with E-state index in [1.165, 1.54) is 6.21 Å². The lowest BCUT2D eigenvalue weighted by atomic mass is 10.2. The van der Waals surface area contributed by atoms with E-state index < -0.39 is 18.2 Å². The topological polar surface area (TPSA) is 89.0 Å².